The lowest BCUT2D eigenvalue weighted by molar-refractivity contribution is -0.154. The van der Waals surface area contributed by atoms with E-state index in [1.807, 2.05) is 25.7 Å². The van der Waals surface area contributed by atoms with Crippen molar-refractivity contribution in [3.63, 3.8) is 0 Å². The molecule has 0 bridgehead atoms. The van der Waals surface area contributed by atoms with Crippen molar-refractivity contribution in [1.82, 2.24) is 15.1 Å². The maximum Gasteiger partial charge on any atom is 0.306 e. The first kappa shape index (κ1) is 24.8. The molecule has 8 nitrogen and oxygen atoms in total. The number of hydrogen-bond donors (Lipinski definition) is 1. The molecule has 0 saturated carbocycles. The van der Waals surface area contributed by atoms with Crippen LogP contribution >= 0.6 is 0 Å². The lowest BCUT2D eigenvalue weighted by atomic mass is 10.1. The summed E-state index contributed by atoms with van der Waals surface area (Å²) in [6.45, 7) is 12.1. The molecule has 0 radical (unpaired) electrons. The van der Waals surface area contributed by atoms with Crippen molar-refractivity contribution in [2.45, 2.75) is 65.4 Å². The summed E-state index contributed by atoms with van der Waals surface area (Å²) in [6.07, 6.45) is 5.88. The highest BCUT2D eigenvalue weighted by atomic mass is 16.6. The summed E-state index contributed by atoms with van der Waals surface area (Å²) in [5, 5.41) is 3.36. The number of furan rings is 1. The summed E-state index contributed by atoms with van der Waals surface area (Å²) >= 11 is 0. The topological polar surface area (TPSA) is 87.4 Å². The molecule has 0 unspecified atom stereocenters. The molecule has 0 atom stereocenters. The predicted octanol–water partition coefficient (Wildman–Crippen LogP) is 3.30. The fourth-order valence-electron chi connectivity index (χ4n) is 3.42. The maximum absolute atomic E-state index is 12.4. The molecule has 1 aliphatic rings. The molecule has 1 aromatic heterocycles. The SMILES string of the molecule is CCNC(=NCCCCCCC(=O)OC(C)(C)C)N1CCN(C(=O)c2ccco2)CC1. The number of guanidine groups is 1. The van der Waals surface area contributed by atoms with Crippen molar-refractivity contribution in [3.8, 4) is 0 Å². The zero-order chi connectivity index (χ0) is 22.7. The van der Waals surface area contributed by atoms with Gasteiger partial charge in [0.05, 0.1) is 6.26 Å². The summed E-state index contributed by atoms with van der Waals surface area (Å²) in [4.78, 5) is 32.9. The normalized spacial score (nSPS) is 15.2. The minimum absolute atomic E-state index is 0.0574. The van der Waals surface area contributed by atoms with Crippen LogP contribution in [0.15, 0.2) is 27.8 Å². The Hall–Kier alpha value is -2.51. The molecule has 1 aliphatic heterocycles. The van der Waals surface area contributed by atoms with E-state index in [0.717, 1.165) is 57.8 Å². The number of amides is 1. The Bertz CT molecular complexity index is 702. The third-order valence-electron chi connectivity index (χ3n) is 4.90. The van der Waals surface area contributed by atoms with Crippen LogP contribution in [0.2, 0.25) is 0 Å². The fourth-order valence-corrected chi connectivity index (χ4v) is 3.42. The number of ether oxygens (including phenoxy) is 1. The number of nitrogens with one attached hydrogen (secondary N) is 1. The standard InChI is InChI=1S/C23H38N4O4/c1-5-24-22(25-13-9-7-6-8-12-20(28)31-23(2,3)4)27-16-14-26(15-17-27)21(29)19-11-10-18-30-19/h10-11,18H,5-9,12-17H2,1-4H3,(H,24,25). The van der Waals surface area contributed by atoms with Crippen molar-refractivity contribution in [3.05, 3.63) is 24.2 Å². The van der Waals surface area contributed by atoms with Gasteiger partial charge in [-0.3, -0.25) is 14.6 Å². The fraction of sp³-hybridized carbons (Fsp3) is 0.696. The van der Waals surface area contributed by atoms with Gasteiger partial charge in [-0.05, 0) is 52.7 Å². The number of hydrogen-bond acceptors (Lipinski definition) is 5. The average molecular weight is 435 g/mol. The Labute approximate surface area is 186 Å². The van der Waals surface area contributed by atoms with Gasteiger partial charge in [0.2, 0.25) is 0 Å². The number of rotatable bonds is 9. The molecule has 174 valence electrons. The van der Waals surface area contributed by atoms with E-state index in [2.05, 4.69) is 17.1 Å². The number of esters is 1. The molecule has 2 heterocycles. The zero-order valence-electron chi connectivity index (χ0n) is 19.5. The van der Waals surface area contributed by atoms with Crippen LogP contribution in [0.1, 0.15) is 70.4 Å². The Balaban J connectivity index is 1.67. The van der Waals surface area contributed by atoms with Gasteiger partial charge < -0.3 is 24.3 Å². The Morgan fingerprint density at radius 2 is 1.77 bits per heavy atom. The van der Waals surface area contributed by atoms with Crippen molar-refractivity contribution < 1.29 is 18.7 Å². The second-order valence-corrected chi connectivity index (χ2v) is 8.74. The molecule has 31 heavy (non-hydrogen) atoms. The molecular weight excluding hydrogens is 396 g/mol. The van der Waals surface area contributed by atoms with Gasteiger partial charge in [-0.15, -0.1) is 0 Å². The van der Waals surface area contributed by atoms with Gasteiger partial charge in [-0.1, -0.05) is 12.8 Å². The third kappa shape index (κ3) is 9.02. The molecule has 8 heteroatoms. The summed E-state index contributed by atoms with van der Waals surface area (Å²) in [5.41, 5.74) is -0.411. The van der Waals surface area contributed by atoms with Crippen molar-refractivity contribution >= 4 is 17.8 Å². The summed E-state index contributed by atoms with van der Waals surface area (Å²) in [5.74, 6) is 1.12. The van der Waals surface area contributed by atoms with E-state index in [9.17, 15) is 9.59 Å². The van der Waals surface area contributed by atoms with E-state index in [0.29, 0.717) is 25.3 Å². The van der Waals surface area contributed by atoms with Crippen LogP contribution in [0.4, 0.5) is 0 Å². The van der Waals surface area contributed by atoms with Crippen LogP contribution in [0.5, 0.6) is 0 Å². The van der Waals surface area contributed by atoms with Crippen molar-refractivity contribution in [2.24, 2.45) is 4.99 Å². The van der Waals surface area contributed by atoms with Gasteiger partial charge in [0.25, 0.3) is 5.91 Å². The molecule has 0 aromatic carbocycles. The summed E-state index contributed by atoms with van der Waals surface area (Å²) in [7, 11) is 0. The number of carbonyl (C=O) groups excluding carboxylic acids is 2. The van der Waals surface area contributed by atoms with Crippen molar-refractivity contribution in [2.75, 3.05) is 39.3 Å². The quantitative estimate of drug-likeness (QED) is 0.278. The van der Waals surface area contributed by atoms with E-state index >= 15 is 0 Å². The van der Waals surface area contributed by atoms with Gasteiger partial charge >= 0.3 is 5.97 Å². The first-order valence-electron chi connectivity index (χ1n) is 11.4. The molecule has 0 aliphatic carbocycles. The largest absolute Gasteiger partial charge is 0.460 e. The van der Waals surface area contributed by atoms with E-state index in [1.165, 1.54) is 6.26 Å². The summed E-state index contributed by atoms with van der Waals surface area (Å²) < 4.78 is 10.6. The molecule has 1 aromatic rings. The number of nitrogens with zero attached hydrogens (tertiary/aromatic N) is 3. The predicted molar refractivity (Wildman–Crippen MR) is 121 cm³/mol. The van der Waals surface area contributed by atoms with Crippen LogP contribution in [0.3, 0.4) is 0 Å². The van der Waals surface area contributed by atoms with Gasteiger partial charge in [-0.25, -0.2) is 0 Å². The molecular formula is C23H38N4O4. The lowest BCUT2D eigenvalue weighted by Crippen LogP contribution is -2.53. The van der Waals surface area contributed by atoms with Crippen LogP contribution in [0.25, 0.3) is 0 Å². The number of carbonyl (C=O) groups is 2. The smallest absolute Gasteiger partial charge is 0.306 e. The van der Waals surface area contributed by atoms with Crippen LogP contribution in [-0.2, 0) is 9.53 Å². The van der Waals surface area contributed by atoms with Crippen LogP contribution in [-0.4, -0.2) is 72.5 Å². The van der Waals surface area contributed by atoms with Crippen LogP contribution in [0, 0.1) is 0 Å². The Morgan fingerprint density at radius 3 is 2.39 bits per heavy atom. The minimum Gasteiger partial charge on any atom is -0.460 e. The summed E-state index contributed by atoms with van der Waals surface area (Å²) in [6, 6.07) is 3.44. The van der Waals surface area contributed by atoms with E-state index in [-0.39, 0.29) is 11.9 Å². The monoisotopic (exact) mass is 434 g/mol. The van der Waals surface area contributed by atoms with Gasteiger partial charge in [0.1, 0.15) is 5.60 Å². The van der Waals surface area contributed by atoms with Gasteiger partial charge in [0.15, 0.2) is 11.7 Å². The Morgan fingerprint density at radius 1 is 1.10 bits per heavy atom. The number of piperazine rings is 1. The molecule has 1 amide bonds. The van der Waals surface area contributed by atoms with E-state index in [4.69, 9.17) is 14.1 Å². The average Bonchev–Trinajstić information content (AvgIpc) is 3.25. The first-order valence-corrected chi connectivity index (χ1v) is 11.4. The molecule has 1 N–H and O–H groups in total. The van der Waals surface area contributed by atoms with E-state index in [1.54, 1.807) is 12.1 Å². The lowest BCUT2D eigenvalue weighted by Gasteiger charge is -2.36. The number of unbranched alkanes of at least 4 members (excludes halogenated alkanes) is 3. The molecule has 1 fully saturated rings. The minimum atomic E-state index is -0.411. The molecule has 2 rings (SSSR count). The highest BCUT2D eigenvalue weighted by Gasteiger charge is 2.25. The van der Waals surface area contributed by atoms with E-state index < -0.39 is 5.60 Å². The number of aliphatic imine (C=N–C) groups is 1. The van der Waals surface area contributed by atoms with Gasteiger partial charge in [-0.2, -0.15) is 0 Å². The van der Waals surface area contributed by atoms with Crippen molar-refractivity contribution in [1.29, 1.82) is 0 Å². The molecule has 0 spiro atoms. The third-order valence-corrected chi connectivity index (χ3v) is 4.90. The highest BCUT2D eigenvalue weighted by Crippen LogP contribution is 2.12. The first-order chi connectivity index (χ1) is 14.8. The van der Waals surface area contributed by atoms with Crippen LogP contribution < -0.4 is 5.32 Å². The maximum atomic E-state index is 12.4. The second-order valence-electron chi connectivity index (χ2n) is 8.74. The molecule has 1 saturated heterocycles. The van der Waals surface area contributed by atoms with Gasteiger partial charge in [0, 0.05) is 45.7 Å². The second kappa shape index (κ2) is 12.4. The Kier molecular flexibility index (Phi) is 9.88. The highest BCUT2D eigenvalue weighted by molar-refractivity contribution is 5.91. The zero-order valence-corrected chi connectivity index (χ0v) is 19.5.